The van der Waals surface area contributed by atoms with Gasteiger partial charge in [-0.05, 0) is 43.9 Å². The number of rotatable bonds is 4. The number of hydrogen-bond donors (Lipinski definition) is 1. The molecule has 0 amide bonds. The second-order valence-electron chi connectivity index (χ2n) is 4.81. The molecule has 1 N–H and O–H groups in total. The van der Waals surface area contributed by atoms with E-state index in [0.717, 1.165) is 17.6 Å². The van der Waals surface area contributed by atoms with Crippen LogP contribution >= 0.6 is 15.9 Å². The molecule has 0 bridgehead atoms. The van der Waals surface area contributed by atoms with Crippen LogP contribution in [0.5, 0.6) is 0 Å². The molecular weight excluding hydrogens is 278 g/mol. The Morgan fingerprint density at radius 3 is 2.71 bits per heavy atom. The van der Waals surface area contributed by atoms with E-state index < -0.39 is 0 Å². The van der Waals surface area contributed by atoms with Crippen LogP contribution in [0.25, 0.3) is 0 Å². The third kappa shape index (κ3) is 3.54. The summed E-state index contributed by atoms with van der Waals surface area (Å²) in [4.78, 5) is 0. The monoisotopic (exact) mass is 297 g/mol. The number of halogens is 1. The van der Waals surface area contributed by atoms with Crippen molar-refractivity contribution in [3.63, 3.8) is 0 Å². The van der Waals surface area contributed by atoms with Gasteiger partial charge in [0, 0.05) is 23.7 Å². The van der Waals surface area contributed by atoms with Crippen molar-refractivity contribution in [2.75, 3.05) is 13.2 Å². The van der Waals surface area contributed by atoms with E-state index in [1.165, 1.54) is 12.0 Å². The molecule has 1 saturated heterocycles. The number of ether oxygens (including phenoxy) is 1. The van der Waals surface area contributed by atoms with Gasteiger partial charge in [0.1, 0.15) is 0 Å². The molecule has 1 heterocycles. The molecule has 94 valence electrons. The van der Waals surface area contributed by atoms with Gasteiger partial charge in [-0.25, -0.2) is 0 Å². The van der Waals surface area contributed by atoms with Crippen molar-refractivity contribution in [3.8, 4) is 0 Å². The second kappa shape index (κ2) is 5.98. The molecule has 2 nitrogen and oxygen atoms in total. The lowest BCUT2D eigenvalue weighted by atomic mass is 10.0. The molecule has 0 radical (unpaired) electrons. The predicted molar refractivity (Wildman–Crippen MR) is 74.1 cm³/mol. The standard InChI is InChI=1S/C14H20BrNO/c1-10(12-3-5-14(15)6-4-12)16-9-13-7-8-17-11(13)2/h3-6,10-11,13,16H,7-9H2,1-2H3. The Hall–Kier alpha value is -0.380. The van der Waals surface area contributed by atoms with Crippen molar-refractivity contribution in [2.24, 2.45) is 5.92 Å². The summed E-state index contributed by atoms with van der Waals surface area (Å²) >= 11 is 3.46. The summed E-state index contributed by atoms with van der Waals surface area (Å²) in [6.45, 7) is 6.34. The van der Waals surface area contributed by atoms with Crippen LogP contribution in [0, 0.1) is 5.92 Å². The maximum Gasteiger partial charge on any atom is 0.0588 e. The fraction of sp³-hybridized carbons (Fsp3) is 0.571. The van der Waals surface area contributed by atoms with E-state index in [1.807, 2.05) is 0 Å². The van der Waals surface area contributed by atoms with Crippen LogP contribution in [0.1, 0.15) is 31.9 Å². The topological polar surface area (TPSA) is 21.3 Å². The van der Waals surface area contributed by atoms with Gasteiger partial charge in [0.15, 0.2) is 0 Å². The summed E-state index contributed by atoms with van der Waals surface area (Å²) in [6.07, 6.45) is 1.58. The van der Waals surface area contributed by atoms with Gasteiger partial charge in [-0.1, -0.05) is 28.1 Å². The second-order valence-corrected chi connectivity index (χ2v) is 5.72. The summed E-state index contributed by atoms with van der Waals surface area (Å²) in [6, 6.07) is 8.91. The van der Waals surface area contributed by atoms with Crippen LogP contribution in [-0.4, -0.2) is 19.3 Å². The molecule has 0 aromatic heterocycles. The molecule has 1 aliphatic rings. The number of benzene rings is 1. The summed E-state index contributed by atoms with van der Waals surface area (Å²) < 4.78 is 6.70. The first-order valence-corrected chi connectivity index (χ1v) is 7.06. The van der Waals surface area contributed by atoms with Crippen molar-refractivity contribution in [1.82, 2.24) is 5.32 Å². The Morgan fingerprint density at radius 1 is 1.41 bits per heavy atom. The van der Waals surface area contributed by atoms with Crippen molar-refractivity contribution >= 4 is 15.9 Å². The number of hydrogen-bond acceptors (Lipinski definition) is 2. The van der Waals surface area contributed by atoms with Crippen LogP contribution in [0.2, 0.25) is 0 Å². The molecule has 0 spiro atoms. The minimum Gasteiger partial charge on any atom is -0.378 e. The average Bonchev–Trinajstić information content (AvgIpc) is 2.73. The van der Waals surface area contributed by atoms with E-state index >= 15 is 0 Å². The molecule has 3 unspecified atom stereocenters. The molecule has 0 saturated carbocycles. The Kier molecular flexibility index (Phi) is 4.60. The van der Waals surface area contributed by atoms with E-state index in [0.29, 0.717) is 18.1 Å². The molecule has 17 heavy (non-hydrogen) atoms. The highest BCUT2D eigenvalue weighted by molar-refractivity contribution is 9.10. The Morgan fingerprint density at radius 2 is 2.12 bits per heavy atom. The van der Waals surface area contributed by atoms with Gasteiger partial charge in [0.2, 0.25) is 0 Å². The molecule has 1 fully saturated rings. The van der Waals surface area contributed by atoms with Gasteiger partial charge in [-0.15, -0.1) is 0 Å². The zero-order valence-electron chi connectivity index (χ0n) is 10.4. The zero-order valence-corrected chi connectivity index (χ0v) is 12.0. The van der Waals surface area contributed by atoms with Gasteiger partial charge in [-0.2, -0.15) is 0 Å². The fourth-order valence-corrected chi connectivity index (χ4v) is 2.51. The lowest BCUT2D eigenvalue weighted by molar-refractivity contribution is 0.105. The third-order valence-corrected chi connectivity index (χ3v) is 4.12. The summed E-state index contributed by atoms with van der Waals surface area (Å²) in [5.41, 5.74) is 1.33. The molecule has 1 aliphatic heterocycles. The van der Waals surface area contributed by atoms with E-state index in [4.69, 9.17) is 4.74 Å². The number of nitrogens with one attached hydrogen (secondary N) is 1. The highest BCUT2D eigenvalue weighted by Gasteiger charge is 2.24. The fourth-order valence-electron chi connectivity index (χ4n) is 2.24. The Labute approximate surface area is 112 Å². The maximum atomic E-state index is 5.57. The van der Waals surface area contributed by atoms with Crippen LogP contribution in [0.15, 0.2) is 28.7 Å². The summed E-state index contributed by atoms with van der Waals surface area (Å²) in [5, 5.41) is 3.60. The highest BCUT2D eigenvalue weighted by atomic mass is 79.9. The van der Waals surface area contributed by atoms with Gasteiger partial charge >= 0.3 is 0 Å². The minimum atomic E-state index is 0.399. The van der Waals surface area contributed by atoms with Crippen LogP contribution in [0.4, 0.5) is 0 Å². The van der Waals surface area contributed by atoms with Crippen LogP contribution in [0.3, 0.4) is 0 Å². The molecule has 2 rings (SSSR count). The molecular formula is C14H20BrNO. The maximum absolute atomic E-state index is 5.57. The highest BCUT2D eigenvalue weighted by Crippen LogP contribution is 2.21. The van der Waals surface area contributed by atoms with Crippen molar-refractivity contribution < 1.29 is 4.74 Å². The van der Waals surface area contributed by atoms with Gasteiger partial charge < -0.3 is 10.1 Å². The van der Waals surface area contributed by atoms with Crippen LogP contribution in [-0.2, 0) is 4.74 Å². The zero-order chi connectivity index (χ0) is 12.3. The van der Waals surface area contributed by atoms with Crippen molar-refractivity contribution in [1.29, 1.82) is 0 Å². The Balaban J connectivity index is 1.84. The normalized spacial score (nSPS) is 26.1. The first-order chi connectivity index (χ1) is 8.16. The first-order valence-electron chi connectivity index (χ1n) is 6.27. The quantitative estimate of drug-likeness (QED) is 0.918. The van der Waals surface area contributed by atoms with Crippen molar-refractivity contribution in [2.45, 2.75) is 32.4 Å². The predicted octanol–water partition coefficient (Wildman–Crippen LogP) is 3.52. The average molecular weight is 298 g/mol. The Bertz CT molecular complexity index is 352. The van der Waals surface area contributed by atoms with E-state index in [1.54, 1.807) is 0 Å². The van der Waals surface area contributed by atoms with Crippen molar-refractivity contribution in [3.05, 3.63) is 34.3 Å². The van der Waals surface area contributed by atoms with E-state index in [-0.39, 0.29) is 0 Å². The van der Waals surface area contributed by atoms with Gasteiger partial charge in [-0.3, -0.25) is 0 Å². The lowest BCUT2D eigenvalue weighted by Gasteiger charge is -2.19. The van der Waals surface area contributed by atoms with Crippen LogP contribution < -0.4 is 5.32 Å². The third-order valence-electron chi connectivity index (χ3n) is 3.59. The summed E-state index contributed by atoms with van der Waals surface area (Å²) in [5.74, 6) is 0.660. The van der Waals surface area contributed by atoms with Gasteiger partial charge in [0.25, 0.3) is 0 Å². The smallest absolute Gasteiger partial charge is 0.0588 e. The molecule has 0 aliphatic carbocycles. The van der Waals surface area contributed by atoms with Gasteiger partial charge in [0.05, 0.1) is 6.10 Å². The molecule has 3 atom stereocenters. The first kappa shape index (κ1) is 13.1. The molecule has 1 aromatic carbocycles. The largest absolute Gasteiger partial charge is 0.378 e. The van der Waals surface area contributed by atoms with E-state index in [2.05, 4.69) is 59.4 Å². The minimum absolute atomic E-state index is 0.399. The molecule has 3 heteroatoms. The molecule has 1 aromatic rings. The summed E-state index contributed by atoms with van der Waals surface area (Å²) in [7, 11) is 0. The lowest BCUT2D eigenvalue weighted by Crippen LogP contribution is -2.29. The SMILES string of the molecule is CC(NCC1CCOC1C)c1ccc(Br)cc1. The van der Waals surface area contributed by atoms with E-state index in [9.17, 15) is 0 Å².